The normalized spacial score (nSPS) is 15.2. The lowest BCUT2D eigenvalue weighted by Gasteiger charge is -2.31. The third-order valence-electron chi connectivity index (χ3n) is 6.47. The Labute approximate surface area is 235 Å². The maximum Gasteiger partial charge on any atom is 0.416 e. The van der Waals surface area contributed by atoms with Crippen molar-refractivity contribution in [3.05, 3.63) is 64.8 Å². The van der Waals surface area contributed by atoms with Gasteiger partial charge in [0.1, 0.15) is 12.4 Å². The number of carbonyl (C=O) groups excluding carboxylic acids is 1. The molecule has 1 aliphatic rings. The van der Waals surface area contributed by atoms with Crippen LogP contribution >= 0.6 is 11.6 Å². The molecule has 0 saturated carbocycles. The zero-order valence-electron chi connectivity index (χ0n) is 21.8. The summed E-state index contributed by atoms with van der Waals surface area (Å²) in [6, 6.07) is 8.99. The predicted octanol–water partition coefficient (Wildman–Crippen LogP) is 4.40. The molecule has 2 N–H and O–H groups in total. The van der Waals surface area contributed by atoms with Gasteiger partial charge in [-0.3, -0.25) is 14.4 Å². The Bertz CT molecular complexity index is 1450. The first-order valence-electron chi connectivity index (χ1n) is 12.4. The second kappa shape index (κ2) is 12.2. The predicted molar refractivity (Wildman–Crippen MR) is 146 cm³/mol. The van der Waals surface area contributed by atoms with Crippen LogP contribution in [-0.4, -0.2) is 67.5 Å². The number of piperidine rings is 1. The first-order valence-corrected chi connectivity index (χ1v) is 14.7. The Morgan fingerprint density at radius 3 is 2.52 bits per heavy atom. The van der Waals surface area contributed by atoms with Gasteiger partial charge in [0, 0.05) is 36.4 Å². The summed E-state index contributed by atoms with van der Waals surface area (Å²) in [6.45, 7) is 2.38. The summed E-state index contributed by atoms with van der Waals surface area (Å²) in [5.74, 6) is -0.216. The minimum atomic E-state index is -4.57. The smallest absolute Gasteiger partial charge is 0.416 e. The molecule has 216 valence electrons. The van der Waals surface area contributed by atoms with Gasteiger partial charge in [0.15, 0.2) is 0 Å². The molecule has 1 aromatic heterocycles. The molecule has 0 aliphatic carbocycles. The van der Waals surface area contributed by atoms with Gasteiger partial charge < -0.3 is 10.1 Å². The third-order valence-corrected chi connectivity index (χ3v) is 7.51. The number of carbonyl (C=O) groups is 1. The van der Waals surface area contributed by atoms with Gasteiger partial charge in [-0.05, 0) is 62.3 Å². The topological polar surface area (TPSA) is 106 Å². The van der Waals surface area contributed by atoms with Gasteiger partial charge in [-0.25, -0.2) is 13.1 Å². The van der Waals surface area contributed by atoms with Crippen LogP contribution in [0.25, 0.3) is 11.3 Å². The number of likely N-dealkylation sites (tertiary alicyclic amines) is 1. The van der Waals surface area contributed by atoms with Crippen LogP contribution in [0.2, 0.25) is 5.02 Å². The minimum Gasteiger partial charge on any atom is -0.492 e. The molecule has 14 heteroatoms. The van der Waals surface area contributed by atoms with Crippen molar-refractivity contribution >= 4 is 33.2 Å². The van der Waals surface area contributed by atoms with Crippen LogP contribution in [0.1, 0.15) is 28.8 Å². The SMILES string of the molecule is Cn1ncc(Cl)c1-c1cc(NC(=O)c2cccc(C(F)(F)F)c2)ccc1OCCN1CCC(NS(C)(=O)=O)CC1. The molecule has 0 radical (unpaired) electrons. The van der Waals surface area contributed by atoms with Crippen molar-refractivity contribution < 1.29 is 31.1 Å². The molecule has 9 nitrogen and oxygen atoms in total. The van der Waals surface area contributed by atoms with Crippen LogP contribution in [0.15, 0.2) is 48.7 Å². The highest BCUT2D eigenvalue weighted by molar-refractivity contribution is 7.88. The number of hydrogen-bond donors (Lipinski definition) is 2. The van der Waals surface area contributed by atoms with Crippen LogP contribution in [-0.2, 0) is 23.2 Å². The van der Waals surface area contributed by atoms with E-state index in [0.717, 1.165) is 31.5 Å². The number of amides is 1. The molecule has 1 saturated heterocycles. The number of halogens is 4. The average Bonchev–Trinajstić information content (AvgIpc) is 3.22. The van der Waals surface area contributed by atoms with E-state index < -0.39 is 27.7 Å². The quantitative estimate of drug-likeness (QED) is 0.378. The number of benzene rings is 2. The van der Waals surface area contributed by atoms with Crippen LogP contribution in [0.4, 0.5) is 18.9 Å². The Hall–Kier alpha value is -3.13. The van der Waals surface area contributed by atoms with Gasteiger partial charge in [-0.2, -0.15) is 18.3 Å². The molecule has 1 fully saturated rings. The van der Waals surface area contributed by atoms with Gasteiger partial charge in [0.25, 0.3) is 5.91 Å². The maximum atomic E-state index is 13.1. The minimum absolute atomic E-state index is 0.0792. The van der Waals surface area contributed by atoms with Crippen molar-refractivity contribution in [2.24, 2.45) is 7.05 Å². The number of aromatic nitrogens is 2. The average molecular weight is 600 g/mol. The van der Waals surface area contributed by atoms with Crippen LogP contribution in [0.5, 0.6) is 5.75 Å². The molecule has 4 rings (SSSR count). The standard InChI is InChI=1S/C26H29ClF3N5O4S/c1-34-24(22(27)16-31-34)21-15-20(32-25(36)17-4-3-5-18(14-17)26(28,29)30)6-7-23(21)39-13-12-35-10-8-19(9-11-35)33-40(2,37)38/h3-7,14-16,19,33H,8-13H2,1-2H3,(H,32,36). The lowest BCUT2D eigenvalue weighted by atomic mass is 10.1. The second-order valence-electron chi connectivity index (χ2n) is 9.56. The Kier molecular flexibility index (Phi) is 9.08. The number of nitrogens with zero attached hydrogens (tertiary/aromatic N) is 3. The molecule has 40 heavy (non-hydrogen) atoms. The Morgan fingerprint density at radius 1 is 1.18 bits per heavy atom. The fraction of sp³-hybridized carbons (Fsp3) is 0.385. The molecule has 1 amide bonds. The molecule has 0 bridgehead atoms. The molecule has 0 spiro atoms. The lowest BCUT2D eigenvalue weighted by molar-refractivity contribution is -0.137. The summed E-state index contributed by atoms with van der Waals surface area (Å²) < 4.78 is 72.5. The van der Waals surface area contributed by atoms with E-state index >= 15 is 0 Å². The van der Waals surface area contributed by atoms with E-state index in [1.54, 1.807) is 29.9 Å². The highest BCUT2D eigenvalue weighted by atomic mass is 35.5. The molecule has 1 aliphatic heterocycles. The van der Waals surface area contributed by atoms with Gasteiger partial charge >= 0.3 is 6.18 Å². The van der Waals surface area contributed by atoms with Crippen LogP contribution in [0, 0.1) is 0 Å². The summed E-state index contributed by atoms with van der Waals surface area (Å²) in [4.78, 5) is 14.9. The summed E-state index contributed by atoms with van der Waals surface area (Å²) >= 11 is 6.39. The molecule has 0 unspecified atom stereocenters. The van der Waals surface area contributed by atoms with E-state index in [0.29, 0.717) is 53.7 Å². The van der Waals surface area contributed by atoms with Crippen molar-refractivity contribution in [2.45, 2.75) is 25.1 Å². The van der Waals surface area contributed by atoms with E-state index in [1.165, 1.54) is 18.3 Å². The van der Waals surface area contributed by atoms with Crippen LogP contribution in [0.3, 0.4) is 0 Å². The summed E-state index contributed by atoms with van der Waals surface area (Å²) in [6.07, 6.45) is -0.543. The number of anilines is 1. The van der Waals surface area contributed by atoms with Gasteiger partial charge in [0.05, 0.1) is 28.7 Å². The highest BCUT2D eigenvalue weighted by Crippen LogP contribution is 2.37. The van der Waals surface area contributed by atoms with Crippen molar-refractivity contribution in [3.63, 3.8) is 0 Å². The van der Waals surface area contributed by atoms with E-state index in [1.807, 2.05) is 0 Å². The van der Waals surface area contributed by atoms with E-state index in [2.05, 4.69) is 20.0 Å². The van der Waals surface area contributed by atoms with E-state index in [9.17, 15) is 26.4 Å². The number of ether oxygens (including phenoxy) is 1. The van der Waals surface area contributed by atoms with Gasteiger partial charge in [-0.15, -0.1) is 0 Å². The molecular weight excluding hydrogens is 571 g/mol. The number of aryl methyl sites for hydroxylation is 1. The largest absolute Gasteiger partial charge is 0.492 e. The second-order valence-corrected chi connectivity index (χ2v) is 11.7. The highest BCUT2D eigenvalue weighted by Gasteiger charge is 2.31. The summed E-state index contributed by atoms with van der Waals surface area (Å²) in [5, 5.41) is 7.17. The molecule has 3 aromatic rings. The molecular formula is C26H29ClF3N5O4S. The first-order chi connectivity index (χ1) is 18.8. The first kappa shape index (κ1) is 29.8. The monoisotopic (exact) mass is 599 g/mol. The summed E-state index contributed by atoms with van der Waals surface area (Å²) in [5.41, 5.74) is 0.373. The lowest BCUT2D eigenvalue weighted by Crippen LogP contribution is -2.45. The molecule has 2 heterocycles. The van der Waals surface area contributed by atoms with E-state index in [-0.39, 0.29) is 11.6 Å². The van der Waals surface area contributed by atoms with Crippen molar-refractivity contribution in [3.8, 4) is 17.0 Å². The van der Waals surface area contributed by atoms with Crippen LogP contribution < -0.4 is 14.8 Å². The zero-order chi connectivity index (χ0) is 29.1. The Morgan fingerprint density at radius 2 is 1.90 bits per heavy atom. The van der Waals surface area contributed by atoms with Gasteiger partial charge in [-0.1, -0.05) is 17.7 Å². The van der Waals surface area contributed by atoms with Crippen molar-refractivity contribution in [1.82, 2.24) is 19.4 Å². The summed E-state index contributed by atoms with van der Waals surface area (Å²) in [7, 11) is -1.54. The van der Waals surface area contributed by atoms with Gasteiger partial charge in [0.2, 0.25) is 10.0 Å². The Balaban J connectivity index is 1.46. The maximum absolute atomic E-state index is 13.1. The van der Waals surface area contributed by atoms with Crippen molar-refractivity contribution in [1.29, 1.82) is 0 Å². The number of rotatable bonds is 9. The third kappa shape index (κ3) is 7.74. The van der Waals surface area contributed by atoms with Crippen molar-refractivity contribution in [2.75, 3.05) is 37.8 Å². The number of sulfonamides is 1. The fourth-order valence-electron chi connectivity index (χ4n) is 4.53. The fourth-order valence-corrected chi connectivity index (χ4v) is 5.64. The molecule has 0 atom stereocenters. The number of nitrogens with one attached hydrogen (secondary N) is 2. The van der Waals surface area contributed by atoms with E-state index in [4.69, 9.17) is 16.3 Å². The molecule has 2 aromatic carbocycles. The zero-order valence-corrected chi connectivity index (χ0v) is 23.4. The number of alkyl halides is 3. The number of hydrogen-bond acceptors (Lipinski definition) is 6.